The zero-order valence-electron chi connectivity index (χ0n) is 9.33. The Morgan fingerprint density at radius 2 is 2.12 bits per heavy atom. The third kappa shape index (κ3) is 2.52. The molecule has 0 fully saturated rings. The summed E-state index contributed by atoms with van der Waals surface area (Å²) in [5.74, 6) is 0.741. The van der Waals surface area contributed by atoms with Crippen molar-refractivity contribution in [2.75, 3.05) is 0 Å². The molecule has 0 N–H and O–H groups in total. The largest absolute Gasteiger partial charge is 0.361 e. The lowest BCUT2D eigenvalue weighted by molar-refractivity contribution is 0.392. The van der Waals surface area contributed by atoms with Crippen LogP contribution in [-0.4, -0.2) is 9.72 Å². The number of hydrogen-bond acceptors (Lipinski definition) is 3. The highest BCUT2D eigenvalue weighted by Gasteiger charge is 2.11. The van der Waals surface area contributed by atoms with Gasteiger partial charge in [0, 0.05) is 16.2 Å². The Kier molecular flexibility index (Phi) is 3.53. The van der Waals surface area contributed by atoms with Crippen molar-refractivity contribution in [1.82, 2.24) is 9.72 Å². The van der Waals surface area contributed by atoms with Crippen molar-refractivity contribution in [3.63, 3.8) is 0 Å². The molecule has 0 atom stereocenters. The number of aromatic nitrogens is 2. The molecule has 0 aliphatic heterocycles. The van der Waals surface area contributed by atoms with Crippen molar-refractivity contribution in [2.24, 2.45) is 0 Å². The Hall–Kier alpha value is -0.880. The molecule has 0 radical (unpaired) electrons. The lowest BCUT2D eigenvalue weighted by Crippen LogP contribution is -2.21. The third-order valence-electron chi connectivity index (χ3n) is 2.52. The molecule has 0 amide bonds. The van der Waals surface area contributed by atoms with E-state index in [1.165, 1.54) is 0 Å². The Bertz CT molecular complexity index is 597. The summed E-state index contributed by atoms with van der Waals surface area (Å²) in [6, 6.07) is 1.73. The van der Waals surface area contributed by atoms with Gasteiger partial charge in [-0.15, -0.1) is 0 Å². The lowest BCUT2D eigenvalue weighted by Gasteiger charge is -2.06. The van der Waals surface area contributed by atoms with Gasteiger partial charge in [-0.25, -0.2) is 0 Å². The standard InChI is InChI=1S/C11H10Br2N2O2/c1-6-9(7(2)17-14-6)5-15-4-8(12)3-10(13)11(15)16/h3-4H,5H2,1-2H3. The van der Waals surface area contributed by atoms with Crippen LogP contribution in [0.5, 0.6) is 0 Å². The molecule has 0 bridgehead atoms. The van der Waals surface area contributed by atoms with Crippen molar-refractivity contribution in [3.8, 4) is 0 Å². The number of aryl methyl sites for hydroxylation is 2. The molecule has 0 spiro atoms. The quantitative estimate of drug-likeness (QED) is 0.826. The zero-order valence-corrected chi connectivity index (χ0v) is 12.5. The van der Waals surface area contributed by atoms with E-state index in [9.17, 15) is 4.79 Å². The number of hydrogen-bond donors (Lipinski definition) is 0. The smallest absolute Gasteiger partial charge is 0.265 e. The second-order valence-electron chi connectivity index (χ2n) is 3.74. The minimum absolute atomic E-state index is 0.0757. The molecule has 0 aliphatic rings. The van der Waals surface area contributed by atoms with Gasteiger partial charge in [-0.3, -0.25) is 4.79 Å². The summed E-state index contributed by atoms with van der Waals surface area (Å²) in [7, 11) is 0. The lowest BCUT2D eigenvalue weighted by atomic mass is 10.2. The number of halogens is 2. The van der Waals surface area contributed by atoms with Gasteiger partial charge in [0.05, 0.1) is 16.7 Å². The molecule has 0 aliphatic carbocycles. The normalized spacial score (nSPS) is 10.8. The second kappa shape index (κ2) is 4.78. The summed E-state index contributed by atoms with van der Waals surface area (Å²) in [6.45, 7) is 4.16. The predicted molar refractivity (Wildman–Crippen MR) is 71.2 cm³/mol. The van der Waals surface area contributed by atoms with E-state index in [1.54, 1.807) is 16.8 Å². The fraction of sp³-hybridized carbons (Fsp3) is 0.273. The Morgan fingerprint density at radius 1 is 1.41 bits per heavy atom. The molecule has 2 aromatic heterocycles. The summed E-state index contributed by atoms with van der Waals surface area (Å²) in [5.41, 5.74) is 1.68. The van der Waals surface area contributed by atoms with Gasteiger partial charge >= 0.3 is 0 Å². The van der Waals surface area contributed by atoms with E-state index in [0.717, 1.165) is 21.5 Å². The summed E-state index contributed by atoms with van der Waals surface area (Å²) < 4.78 is 8.06. The van der Waals surface area contributed by atoms with Crippen molar-refractivity contribution in [3.05, 3.63) is 48.6 Å². The van der Waals surface area contributed by atoms with Crippen molar-refractivity contribution >= 4 is 31.9 Å². The van der Waals surface area contributed by atoms with E-state index in [4.69, 9.17) is 4.52 Å². The van der Waals surface area contributed by atoms with E-state index in [1.807, 2.05) is 13.8 Å². The molecule has 90 valence electrons. The fourth-order valence-electron chi connectivity index (χ4n) is 1.58. The highest BCUT2D eigenvalue weighted by Crippen LogP contribution is 2.16. The summed E-state index contributed by atoms with van der Waals surface area (Å²) in [4.78, 5) is 11.9. The number of nitrogens with zero attached hydrogens (tertiary/aromatic N) is 2. The van der Waals surface area contributed by atoms with Crippen LogP contribution in [0.2, 0.25) is 0 Å². The first kappa shape index (κ1) is 12.6. The van der Waals surface area contributed by atoms with Gasteiger partial charge in [0.15, 0.2) is 0 Å². The second-order valence-corrected chi connectivity index (χ2v) is 5.51. The SMILES string of the molecule is Cc1noc(C)c1Cn1cc(Br)cc(Br)c1=O. The van der Waals surface area contributed by atoms with Crippen LogP contribution < -0.4 is 5.56 Å². The molecule has 6 heteroatoms. The van der Waals surface area contributed by atoms with Gasteiger partial charge in [-0.05, 0) is 51.8 Å². The summed E-state index contributed by atoms with van der Waals surface area (Å²) in [6.07, 6.45) is 1.75. The molecular formula is C11H10Br2N2O2. The van der Waals surface area contributed by atoms with E-state index >= 15 is 0 Å². The maximum Gasteiger partial charge on any atom is 0.265 e. The molecule has 17 heavy (non-hydrogen) atoms. The van der Waals surface area contributed by atoms with Crippen molar-refractivity contribution < 1.29 is 4.52 Å². The first-order valence-electron chi connectivity index (χ1n) is 4.96. The molecule has 0 saturated heterocycles. The van der Waals surface area contributed by atoms with Crippen LogP contribution in [0.3, 0.4) is 0 Å². The average Bonchev–Trinajstić information content (AvgIpc) is 2.56. The highest BCUT2D eigenvalue weighted by atomic mass is 79.9. The van der Waals surface area contributed by atoms with Gasteiger partial charge in [0.25, 0.3) is 5.56 Å². The van der Waals surface area contributed by atoms with E-state index in [2.05, 4.69) is 37.0 Å². The Balaban J connectivity index is 2.47. The first-order chi connectivity index (χ1) is 7.99. The molecule has 2 aromatic rings. The van der Waals surface area contributed by atoms with E-state index in [0.29, 0.717) is 11.0 Å². The van der Waals surface area contributed by atoms with Crippen LogP contribution >= 0.6 is 31.9 Å². The summed E-state index contributed by atoms with van der Waals surface area (Å²) in [5, 5.41) is 3.87. The molecule has 0 saturated carbocycles. The van der Waals surface area contributed by atoms with Crippen LogP contribution in [0.15, 0.2) is 30.5 Å². The Labute approximate surface area is 115 Å². The number of pyridine rings is 1. The maximum atomic E-state index is 11.9. The van der Waals surface area contributed by atoms with Gasteiger partial charge in [-0.1, -0.05) is 5.16 Å². The highest BCUT2D eigenvalue weighted by molar-refractivity contribution is 9.11. The fourth-order valence-corrected chi connectivity index (χ4v) is 2.84. The molecule has 2 rings (SSSR count). The van der Waals surface area contributed by atoms with Crippen LogP contribution in [0.25, 0.3) is 0 Å². The van der Waals surface area contributed by atoms with Crippen molar-refractivity contribution in [1.29, 1.82) is 0 Å². The topological polar surface area (TPSA) is 48.0 Å². The summed E-state index contributed by atoms with van der Waals surface area (Å²) >= 11 is 6.60. The van der Waals surface area contributed by atoms with Crippen LogP contribution in [0, 0.1) is 13.8 Å². The maximum absolute atomic E-state index is 11.9. The van der Waals surface area contributed by atoms with Crippen molar-refractivity contribution in [2.45, 2.75) is 20.4 Å². The minimum atomic E-state index is -0.0757. The Morgan fingerprint density at radius 3 is 2.71 bits per heavy atom. The van der Waals surface area contributed by atoms with E-state index in [-0.39, 0.29) is 5.56 Å². The van der Waals surface area contributed by atoms with Crippen LogP contribution in [0.4, 0.5) is 0 Å². The molecule has 4 nitrogen and oxygen atoms in total. The molecule has 0 unspecified atom stereocenters. The van der Waals surface area contributed by atoms with Crippen LogP contribution in [-0.2, 0) is 6.54 Å². The molecular weight excluding hydrogens is 352 g/mol. The zero-order chi connectivity index (χ0) is 12.6. The monoisotopic (exact) mass is 360 g/mol. The van der Waals surface area contributed by atoms with Gasteiger partial charge in [0.1, 0.15) is 5.76 Å². The minimum Gasteiger partial charge on any atom is -0.361 e. The molecule has 2 heterocycles. The van der Waals surface area contributed by atoms with Gasteiger partial charge in [-0.2, -0.15) is 0 Å². The van der Waals surface area contributed by atoms with Crippen LogP contribution in [0.1, 0.15) is 17.0 Å². The average molecular weight is 362 g/mol. The predicted octanol–water partition coefficient (Wildman–Crippen LogP) is 3.03. The first-order valence-corrected chi connectivity index (χ1v) is 6.55. The third-order valence-corrected chi connectivity index (χ3v) is 3.52. The number of rotatable bonds is 2. The van der Waals surface area contributed by atoms with Gasteiger partial charge < -0.3 is 9.09 Å². The molecule has 0 aromatic carbocycles. The van der Waals surface area contributed by atoms with Gasteiger partial charge in [0.2, 0.25) is 0 Å². The van der Waals surface area contributed by atoms with E-state index < -0.39 is 0 Å².